The van der Waals surface area contributed by atoms with Gasteiger partial charge in [-0.2, -0.15) is 0 Å². The number of aliphatic carboxylic acids is 1. The van der Waals surface area contributed by atoms with Gasteiger partial charge in [-0.3, -0.25) is 9.59 Å². The van der Waals surface area contributed by atoms with E-state index in [1.807, 2.05) is 0 Å². The molecule has 0 aromatic carbocycles. The van der Waals surface area contributed by atoms with E-state index < -0.39 is 11.4 Å². The van der Waals surface area contributed by atoms with Gasteiger partial charge in [0.2, 0.25) is 5.91 Å². The highest BCUT2D eigenvalue weighted by Gasteiger charge is 2.41. The zero-order chi connectivity index (χ0) is 12.7. The predicted octanol–water partition coefficient (Wildman–Crippen LogP) is 0.877. The van der Waals surface area contributed by atoms with Crippen molar-refractivity contribution in [3.63, 3.8) is 0 Å². The van der Waals surface area contributed by atoms with Crippen molar-refractivity contribution in [1.29, 1.82) is 0 Å². The third-order valence-electron chi connectivity index (χ3n) is 3.47. The van der Waals surface area contributed by atoms with Crippen molar-refractivity contribution in [1.82, 2.24) is 5.32 Å². The number of nitrogens with two attached hydrogens (primary N) is 1. The summed E-state index contributed by atoms with van der Waals surface area (Å²) in [6.45, 7) is 1.06. The minimum atomic E-state index is -0.828. The average Bonchev–Trinajstić information content (AvgIpc) is 2.30. The van der Waals surface area contributed by atoms with Crippen molar-refractivity contribution in [3.8, 4) is 0 Å². The van der Waals surface area contributed by atoms with E-state index in [1.165, 1.54) is 0 Å². The molecule has 1 aliphatic rings. The van der Waals surface area contributed by atoms with Crippen molar-refractivity contribution in [2.24, 2.45) is 11.1 Å². The van der Waals surface area contributed by atoms with Crippen LogP contribution < -0.4 is 11.1 Å². The van der Waals surface area contributed by atoms with Crippen LogP contribution in [0.15, 0.2) is 0 Å². The standard InChI is InChI=1S/C12H22N2O3/c13-7-4-8-14-10(15)9-12(11(16)17)5-2-1-3-6-12/h1-9,13H2,(H,14,15)(H,16,17). The Bertz CT molecular complexity index is 273. The lowest BCUT2D eigenvalue weighted by molar-refractivity contribution is -0.154. The van der Waals surface area contributed by atoms with Crippen molar-refractivity contribution < 1.29 is 14.7 Å². The normalized spacial score (nSPS) is 18.6. The molecule has 0 radical (unpaired) electrons. The summed E-state index contributed by atoms with van der Waals surface area (Å²) in [5.41, 5.74) is 4.50. The Hall–Kier alpha value is -1.10. The molecule has 5 heteroatoms. The second-order valence-corrected chi connectivity index (χ2v) is 4.82. The van der Waals surface area contributed by atoms with E-state index >= 15 is 0 Å². The fraction of sp³-hybridized carbons (Fsp3) is 0.833. The summed E-state index contributed by atoms with van der Waals surface area (Å²) in [5, 5.41) is 12.0. The lowest BCUT2D eigenvalue weighted by atomic mass is 9.71. The molecule has 1 aliphatic carbocycles. The van der Waals surface area contributed by atoms with Gasteiger partial charge in [-0.1, -0.05) is 19.3 Å². The second kappa shape index (κ2) is 6.59. The molecule has 4 N–H and O–H groups in total. The highest BCUT2D eigenvalue weighted by Crippen LogP contribution is 2.39. The Morgan fingerprint density at radius 3 is 2.41 bits per heavy atom. The third-order valence-corrected chi connectivity index (χ3v) is 3.47. The van der Waals surface area contributed by atoms with Gasteiger partial charge >= 0.3 is 5.97 Å². The van der Waals surface area contributed by atoms with E-state index in [1.54, 1.807) is 0 Å². The Balaban J connectivity index is 2.48. The molecule has 0 spiro atoms. The maximum absolute atomic E-state index is 11.7. The smallest absolute Gasteiger partial charge is 0.310 e. The lowest BCUT2D eigenvalue weighted by Gasteiger charge is -2.32. The Labute approximate surface area is 102 Å². The molecule has 0 unspecified atom stereocenters. The van der Waals surface area contributed by atoms with Crippen LogP contribution in [0.25, 0.3) is 0 Å². The fourth-order valence-corrected chi connectivity index (χ4v) is 2.39. The summed E-state index contributed by atoms with van der Waals surface area (Å²) in [5.74, 6) is -0.992. The van der Waals surface area contributed by atoms with Gasteiger partial charge in [-0.05, 0) is 25.8 Å². The van der Waals surface area contributed by atoms with Gasteiger partial charge < -0.3 is 16.2 Å². The van der Waals surface area contributed by atoms with Crippen molar-refractivity contribution in [3.05, 3.63) is 0 Å². The van der Waals surface area contributed by atoms with Crippen molar-refractivity contribution in [2.75, 3.05) is 13.1 Å². The number of nitrogens with one attached hydrogen (secondary N) is 1. The SMILES string of the molecule is NCCCNC(=O)CC1(C(=O)O)CCCCC1. The van der Waals surface area contributed by atoms with E-state index in [0.29, 0.717) is 25.9 Å². The Kier molecular flexibility index (Phi) is 5.41. The monoisotopic (exact) mass is 242 g/mol. The zero-order valence-electron chi connectivity index (χ0n) is 10.2. The van der Waals surface area contributed by atoms with Crippen LogP contribution in [0.1, 0.15) is 44.9 Å². The minimum absolute atomic E-state index is 0.104. The van der Waals surface area contributed by atoms with Gasteiger partial charge in [-0.15, -0.1) is 0 Å². The summed E-state index contributed by atoms with van der Waals surface area (Å²) >= 11 is 0. The van der Waals surface area contributed by atoms with Gasteiger partial charge in [0.05, 0.1) is 5.41 Å². The molecule has 0 bridgehead atoms. The van der Waals surface area contributed by atoms with Crippen LogP contribution in [0, 0.1) is 5.41 Å². The Morgan fingerprint density at radius 2 is 1.88 bits per heavy atom. The molecular weight excluding hydrogens is 220 g/mol. The minimum Gasteiger partial charge on any atom is -0.481 e. The number of carboxylic acid groups (broad SMARTS) is 1. The highest BCUT2D eigenvalue weighted by atomic mass is 16.4. The third kappa shape index (κ3) is 4.00. The van der Waals surface area contributed by atoms with Gasteiger partial charge in [0.15, 0.2) is 0 Å². The molecule has 98 valence electrons. The predicted molar refractivity (Wildman–Crippen MR) is 64.5 cm³/mol. The molecule has 1 rings (SSSR count). The van der Waals surface area contributed by atoms with Gasteiger partial charge in [0.1, 0.15) is 0 Å². The summed E-state index contributed by atoms with van der Waals surface area (Å²) in [7, 11) is 0. The van der Waals surface area contributed by atoms with Crippen molar-refractivity contribution in [2.45, 2.75) is 44.9 Å². The molecule has 0 heterocycles. The first-order valence-corrected chi connectivity index (χ1v) is 6.31. The molecular formula is C12H22N2O3. The second-order valence-electron chi connectivity index (χ2n) is 4.82. The summed E-state index contributed by atoms with van der Waals surface area (Å²) in [6.07, 6.45) is 4.95. The van der Waals surface area contributed by atoms with Crippen LogP contribution in [0.4, 0.5) is 0 Å². The maximum Gasteiger partial charge on any atom is 0.310 e. The molecule has 0 aromatic heterocycles. The number of hydrogen-bond acceptors (Lipinski definition) is 3. The molecule has 0 aliphatic heterocycles. The van der Waals surface area contributed by atoms with Crippen molar-refractivity contribution >= 4 is 11.9 Å². The van der Waals surface area contributed by atoms with E-state index in [0.717, 1.165) is 25.7 Å². The first-order chi connectivity index (χ1) is 8.10. The number of carboxylic acids is 1. The van der Waals surface area contributed by atoms with Gasteiger partial charge in [-0.25, -0.2) is 0 Å². The molecule has 1 saturated carbocycles. The van der Waals surface area contributed by atoms with Crippen LogP contribution in [0.3, 0.4) is 0 Å². The summed E-state index contributed by atoms with van der Waals surface area (Å²) in [6, 6.07) is 0. The number of rotatable bonds is 6. The number of carbonyl (C=O) groups is 2. The number of amides is 1. The fourth-order valence-electron chi connectivity index (χ4n) is 2.39. The summed E-state index contributed by atoms with van der Waals surface area (Å²) in [4.78, 5) is 23.0. The first kappa shape index (κ1) is 14.0. The van der Waals surface area contributed by atoms with Crippen LogP contribution in [-0.2, 0) is 9.59 Å². The van der Waals surface area contributed by atoms with Gasteiger partial charge in [0.25, 0.3) is 0 Å². The van der Waals surface area contributed by atoms with E-state index in [9.17, 15) is 14.7 Å². The molecule has 0 aromatic rings. The zero-order valence-corrected chi connectivity index (χ0v) is 10.2. The largest absolute Gasteiger partial charge is 0.481 e. The molecule has 1 fully saturated rings. The Morgan fingerprint density at radius 1 is 1.24 bits per heavy atom. The first-order valence-electron chi connectivity index (χ1n) is 6.31. The average molecular weight is 242 g/mol. The van der Waals surface area contributed by atoms with Crippen LogP contribution in [0.2, 0.25) is 0 Å². The molecule has 0 atom stereocenters. The topological polar surface area (TPSA) is 92.4 Å². The lowest BCUT2D eigenvalue weighted by Crippen LogP contribution is -2.39. The van der Waals surface area contributed by atoms with E-state index in [4.69, 9.17) is 5.73 Å². The number of hydrogen-bond donors (Lipinski definition) is 3. The molecule has 1 amide bonds. The van der Waals surface area contributed by atoms with Crippen LogP contribution >= 0.6 is 0 Å². The van der Waals surface area contributed by atoms with Crippen LogP contribution in [-0.4, -0.2) is 30.1 Å². The number of carbonyl (C=O) groups excluding carboxylic acids is 1. The maximum atomic E-state index is 11.7. The summed E-state index contributed by atoms with van der Waals surface area (Å²) < 4.78 is 0. The molecule has 5 nitrogen and oxygen atoms in total. The van der Waals surface area contributed by atoms with Crippen LogP contribution in [0.5, 0.6) is 0 Å². The van der Waals surface area contributed by atoms with E-state index in [2.05, 4.69) is 5.32 Å². The quantitative estimate of drug-likeness (QED) is 0.603. The molecule has 17 heavy (non-hydrogen) atoms. The van der Waals surface area contributed by atoms with Gasteiger partial charge in [0, 0.05) is 13.0 Å². The molecule has 0 saturated heterocycles. The van der Waals surface area contributed by atoms with E-state index in [-0.39, 0.29) is 12.3 Å². The highest BCUT2D eigenvalue weighted by molar-refractivity contribution is 5.85.